The summed E-state index contributed by atoms with van der Waals surface area (Å²) in [5, 5.41) is 17.6. The monoisotopic (exact) mass is 396 g/mol. The first kappa shape index (κ1) is 22.9. The second-order valence-corrected chi connectivity index (χ2v) is 8.36. The van der Waals surface area contributed by atoms with Crippen LogP contribution in [0.3, 0.4) is 0 Å². The molecule has 0 spiro atoms. The Bertz CT molecular complexity index is 244. The Morgan fingerprint density at radius 1 is 0.591 bits per heavy atom. The van der Waals surface area contributed by atoms with Crippen LogP contribution in [0.4, 0.5) is 0 Å². The molecule has 5 N–H and O–H groups in total. The Kier molecular flexibility index (Phi) is 13.8. The second kappa shape index (κ2) is 13.2. The van der Waals surface area contributed by atoms with Crippen LogP contribution < -0.4 is 26.6 Å². The number of nitrogens with one attached hydrogen (secondary N) is 5. The zero-order valence-corrected chi connectivity index (χ0v) is 17.0. The summed E-state index contributed by atoms with van der Waals surface area (Å²) in [5.41, 5.74) is 0.125. The topological polar surface area (TPSA) is 60.1 Å². The van der Waals surface area contributed by atoms with Crippen molar-refractivity contribution in [2.75, 3.05) is 52.4 Å². The molecule has 1 rings (SSSR count). The normalized spacial score (nSPS) is 24.3. The SMILES string of the molecule is CC1(C)NCCNCCNCCNCCNC1(C)C.[Cl][Mn][Cl]. The summed E-state index contributed by atoms with van der Waals surface area (Å²) in [6.45, 7) is 17.2. The van der Waals surface area contributed by atoms with E-state index in [9.17, 15) is 0 Å². The van der Waals surface area contributed by atoms with E-state index in [-0.39, 0.29) is 24.2 Å². The van der Waals surface area contributed by atoms with Crippen molar-refractivity contribution in [1.29, 1.82) is 0 Å². The quantitative estimate of drug-likeness (QED) is 0.393. The zero-order valence-electron chi connectivity index (χ0n) is 14.3. The summed E-state index contributed by atoms with van der Waals surface area (Å²) in [5.74, 6) is 0. The first-order valence-electron chi connectivity index (χ1n) is 7.86. The Morgan fingerprint density at radius 3 is 1.09 bits per heavy atom. The van der Waals surface area contributed by atoms with Gasteiger partial charge in [0.05, 0.1) is 0 Å². The summed E-state index contributed by atoms with van der Waals surface area (Å²) in [6, 6.07) is 0. The number of halogens is 2. The molecular weight excluding hydrogens is 364 g/mol. The summed E-state index contributed by atoms with van der Waals surface area (Å²) in [4.78, 5) is 0. The van der Waals surface area contributed by atoms with Gasteiger partial charge in [0.2, 0.25) is 0 Å². The molecule has 0 aromatic heterocycles. The van der Waals surface area contributed by atoms with Crippen molar-refractivity contribution < 1.29 is 13.1 Å². The van der Waals surface area contributed by atoms with E-state index in [2.05, 4.69) is 54.3 Å². The summed E-state index contributed by atoms with van der Waals surface area (Å²) in [7, 11) is 9.59. The Balaban J connectivity index is 0.00000135. The van der Waals surface area contributed by atoms with Crippen LogP contribution in [-0.2, 0) is 13.1 Å². The Hall–Kier alpha value is 0.899. The third kappa shape index (κ3) is 10.6. The van der Waals surface area contributed by atoms with E-state index in [1.54, 1.807) is 0 Å². The molecule has 1 aliphatic rings. The van der Waals surface area contributed by atoms with Crippen molar-refractivity contribution in [3.63, 3.8) is 0 Å². The molecule has 0 unspecified atom stereocenters. The summed E-state index contributed by atoms with van der Waals surface area (Å²) >= 11 is 0.00694. The first-order chi connectivity index (χ1) is 10.4. The fraction of sp³-hybridized carbons (Fsp3) is 1.00. The fourth-order valence-electron chi connectivity index (χ4n) is 2.10. The van der Waals surface area contributed by atoms with Crippen molar-refractivity contribution in [1.82, 2.24) is 26.6 Å². The molecule has 1 fully saturated rings. The van der Waals surface area contributed by atoms with E-state index in [1.807, 2.05) is 0 Å². The molecule has 0 atom stereocenters. The van der Waals surface area contributed by atoms with Gasteiger partial charge < -0.3 is 26.6 Å². The molecule has 5 nitrogen and oxygen atoms in total. The van der Waals surface area contributed by atoms with Gasteiger partial charge in [0.1, 0.15) is 0 Å². The molecule has 0 bridgehead atoms. The summed E-state index contributed by atoms with van der Waals surface area (Å²) < 4.78 is 0. The van der Waals surface area contributed by atoms with Crippen LogP contribution in [0.2, 0.25) is 0 Å². The zero-order chi connectivity index (χ0) is 16.9. The number of hydrogen-bond acceptors (Lipinski definition) is 5. The average Bonchev–Trinajstić information content (AvgIpc) is 2.44. The number of rotatable bonds is 0. The molecule has 0 radical (unpaired) electrons. The van der Waals surface area contributed by atoms with Gasteiger partial charge in [0, 0.05) is 63.4 Å². The molecule has 8 heteroatoms. The molecule has 0 aromatic rings. The van der Waals surface area contributed by atoms with Gasteiger partial charge in [-0.1, -0.05) is 0 Å². The maximum absolute atomic E-state index is 4.80. The molecular formula is C14H33Cl2MnN5. The molecule has 135 valence electrons. The van der Waals surface area contributed by atoms with Crippen LogP contribution in [-0.4, -0.2) is 63.4 Å². The van der Waals surface area contributed by atoms with Gasteiger partial charge in [0.15, 0.2) is 0 Å². The predicted molar refractivity (Wildman–Crippen MR) is 94.5 cm³/mol. The molecule has 0 aliphatic carbocycles. The van der Waals surface area contributed by atoms with Crippen LogP contribution in [0.5, 0.6) is 0 Å². The van der Waals surface area contributed by atoms with Crippen LogP contribution in [0, 0.1) is 0 Å². The average molecular weight is 397 g/mol. The van der Waals surface area contributed by atoms with Crippen LogP contribution in [0.1, 0.15) is 27.7 Å². The minimum absolute atomic E-state index is 0.00694. The third-order valence-electron chi connectivity index (χ3n) is 4.26. The Labute approximate surface area is 151 Å². The molecule has 1 heterocycles. The minimum atomic E-state index is 0.00694. The van der Waals surface area contributed by atoms with Crippen LogP contribution in [0.25, 0.3) is 0 Å². The Morgan fingerprint density at radius 2 is 0.818 bits per heavy atom. The van der Waals surface area contributed by atoms with E-state index < -0.39 is 0 Å². The number of hydrogen-bond donors (Lipinski definition) is 5. The van der Waals surface area contributed by atoms with Crippen molar-refractivity contribution in [2.24, 2.45) is 0 Å². The molecule has 22 heavy (non-hydrogen) atoms. The van der Waals surface area contributed by atoms with Crippen molar-refractivity contribution in [3.8, 4) is 0 Å². The van der Waals surface area contributed by atoms with Gasteiger partial charge in [-0.05, 0) is 27.7 Å². The van der Waals surface area contributed by atoms with Gasteiger partial charge in [-0.2, -0.15) is 0 Å². The third-order valence-corrected chi connectivity index (χ3v) is 4.26. The predicted octanol–water partition coefficient (Wildman–Crippen LogP) is 0.882. The van der Waals surface area contributed by atoms with E-state index >= 15 is 0 Å². The van der Waals surface area contributed by atoms with Crippen molar-refractivity contribution >= 4 is 20.2 Å². The molecule has 1 saturated heterocycles. The van der Waals surface area contributed by atoms with Gasteiger partial charge in [-0.15, -0.1) is 0 Å². The van der Waals surface area contributed by atoms with E-state index in [1.165, 1.54) is 0 Å². The van der Waals surface area contributed by atoms with E-state index in [4.69, 9.17) is 20.2 Å². The molecule has 0 amide bonds. The van der Waals surface area contributed by atoms with E-state index in [0.717, 1.165) is 52.4 Å². The fourth-order valence-corrected chi connectivity index (χ4v) is 2.10. The van der Waals surface area contributed by atoms with Gasteiger partial charge in [0.25, 0.3) is 0 Å². The standard InChI is InChI=1S/C14H33N5.2ClH.Mn/c1-13(2)14(3,4)19-12-10-17-8-6-15-5-7-16-9-11-18-13;;;/h15-19H,5-12H2,1-4H3;2*1H;/q;;;+2/p-2. The van der Waals surface area contributed by atoms with Crippen molar-refractivity contribution in [3.05, 3.63) is 0 Å². The molecule has 0 saturated carbocycles. The second-order valence-electron chi connectivity index (χ2n) is 6.41. The van der Waals surface area contributed by atoms with Crippen LogP contribution in [0.15, 0.2) is 0 Å². The molecule has 1 aliphatic heterocycles. The van der Waals surface area contributed by atoms with Gasteiger partial charge in [-0.3, -0.25) is 0 Å². The van der Waals surface area contributed by atoms with E-state index in [0.29, 0.717) is 0 Å². The molecule has 0 aromatic carbocycles. The van der Waals surface area contributed by atoms with Gasteiger partial charge in [-0.25, -0.2) is 0 Å². The van der Waals surface area contributed by atoms with Crippen LogP contribution >= 0.6 is 20.2 Å². The van der Waals surface area contributed by atoms with Gasteiger partial charge >= 0.3 is 33.3 Å². The first-order valence-corrected chi connectivity index (χ1v) is 11.1. The maximum atomic E-state index is 4.80. The van der Waals surface area contributed by atoms with Crippen molar-refractivity contribution in [2.45, 2.75) is 38.8 Å². The summed E-state index contributed by atoms with van der Waals surface area (Å²) in [6.07, 6.45) is 0.